The molecule has 31 heavy (non-hydrogen) atoms. The number of nitrogens with one attached hydrogen (secondary N) is 2. The molecule has 10 heteroatoms. The van der Waals surface area contributed by atoms with Gasteiger partial charge in [-0.2, -0.15) is 0 Å². The summed E-state index contributed by atoms with van der Waals surface area (Å²) in [6.07, 6.45) is 1.82. The largest absolute Gasteiger partial charge is 0.465 e. The number of benzene rings is 1. The van der Waals surface area contributed by atoms with Crippen LogP contribution in [0.4, 0.5) is 0 Å². The van der Waals surface area contributed by atoms with Gasteiger partial charge in [0.2, 0.25) is 10.0 Å². The second-order valence-electron chi connectivity index (χ2n) is 7.27. The SMILES string of the molecule is COC(=O)c1ccc(CNS(=O)(=O)CCc2cccc(CN3CCNCC3)c2)nc1.Cl. The summed E-state index contributed by atoms with van der Waals surface area (Å²) in [5.41, 5.74) is 3.07. The number of nitrogens with zero attached hydrogens (tertiary/aromatic N) is 2. The zero-order valence-corrected chi connectivity index (χ0v) is 19.2. The number of sulfonamides is 1. The van der Waals surface area contributed by atoms with Crippen molar-refractivity contribution in [2.75, 3.05) is 39.0 Å². The number of carbonyl (C=O) groups excluding carboxylic acids is 1. The van der Waals surface area contributed by atoms with Gasteiger partial charge in [-0.3, -0.25) is 9.88 Å². The van der Waals surface area contributed by atoms with E-state index in [1.165, 1.54) is 18.9 Å². The maximum absolute atomic E-state index is 12.4. The van der Waals surface area contributed by atoms with Crippen LogP contribution < -0.4 is 10.0 Å². The van der Waals surface area contributed by atoms with Gasteiger partial charge in [0.1, 0.15) is 0 Å². The summed E-state index contributed by atoms with van der Waals surface area (Å²) in [5, 5.41) is 3.34. The molecule has 0 spiro atoms. The number of ether oxygens (including phenoxy) is 1. The minimum atomic E-state index is -3.45. The highest BCUT2D eigenvalue weighted by molar-refractivity contribution is 7.89. The van der Waals surface area contributed by atoms with Crippen molar-refractivity contribution < 1.29 is 17.9 Å². The van der Waals surface area contributed by atoms with E-state index in [9.17, 15) is 13.2 Å². The highest BCUT2D eigenvalue weighted by atomic mass is 35.5. The minimum Gasteiger partial charge on any atom is -0.465 e. The Balaban J connectivity index is 0.00000341. The Bertz CT molecular complexity index is 948. The number of hydrogen-bond acceptors (Lipinski definition) is 7. The number of methoxy groups -OCH3 is 1. The molecule has 2 heterocycles. The number of aryl methyl sites for hydroxylation is 1. The van der Waals surface area contributed by atoms with Crippen molar-refractivity contribution in [2.24, 2.45) is 0 Å². The van der Waals surface area contributed by atoms with Crippen molar-refractivity contribution in [3.63, 3.8) is 0 Å². The molecule has 1 aliphatic heterocycles. The molecule has 0 bridgehead atoms. The predicted octanol–water partition coefficient (Wildman–Crippen LogP) is 1.36. The molecule has 1 fully saturated rings. The van der Waals surface area contributed by atoms with Crippen LogP contribution in [0.5, 0.6) is 0 Å². The molecule has 1 aliphatic rings. The first-order valence-electron chi connectivity index (χ1n) is 9.97. The summed E-state index contributed by atoms with van der Waals surface area (Å²) in [6.45, 7) is 5.02. The Morgan fingerprint density at radius 3 is 2.61 bits per heavy atom. The first-order chi connectivity index (χ1) is 14.4. The van der Waals surface area contributed by atoms with E-state index in [1.807, 2.05) is 12.1 Å². The molecular weight excluding hydrogens is 440 g/mol. The molecule has 1 aromatic heterocycles. The van der Waals surface area contributed by atoms with Gasteiger partial charge in [0.05, 0.1) is 30.7 Å². The van der Waals surface area contributed by atoms with E-state index in [2.05, 4.69) is 36.8 Å². The first-order valence-corrected chi connectivity index (χ1v) is 11.6. The van der Waals surface area contributed by atoms with E-state index < -0.39 is 16.0 Å². The Morgan fingerprint density at radius 2 is 1.94 bits per heavy atom. The Labute approximate surface area is 189 Å². The van der Waals surface area contributed by atoms with Crippen LogP contribution >= 0.6 is 12.4 Å². The fourth-order valence-electron chi connectivity index (χ4n) is 3.29. The maximum atomic E-state index is 12.4. The topological polar surface area (TPSA) is 101 Å². The number of pyridine rings is 1. The average molecular weight is 469 g/mol. The normalized spacial score (nSPS) is 14.6. The number of esters is 1. The summed E-state index contributed by atoms with van der Waals surface area (Å²) >= 11 is 0. The summed E-state index contributed by atoms with van der Waals surface area (Å²) in [7, 11) is -2.15. The van der Waals surface area contributed by atoms with Crippen molar-refractivity contribution in [1.29, 1.82) is 0 Å². The molecule has 0 radical (unpaired) electrons. The molecule has 0 unspecified atom stereocenters. The molecule has 2 N–H and O–H groups in total. The van der Waals surface area contributed by atoms with E-state index in [1.54, 1.807) is 12.1 Å². The third-order valence-electron chi connectivity index (χ3n) is 4.99. The van der Waals surface area contributed by atoms with Crippen LogP contribution in [0.1, 0.15) is 27.2 Å². The summed E-state index contributed by atoms with van der Waals surface area (Å²) in [6, 6.07) is 11.3. The monoisotopic (exact) mass is 468 g/mol. The van der Waals surface area contributed by atoms with Crippen molar-refractivity contribution >= 4 is 28.4 Å². The fraction of sp³-hybridized carbons (Fsp3) is 0.429. The number of halogens is 1. The highest BCUT2D eigenvalue weighted by Crippen LogP contribution is 2.11. The summed E-state index contributed by atoms with van der Waals surface area (Å²) < 4.78 is 31.9. The van der Waals surface area contributed by atoms with Crippen LogP contribution in [0.2, 0.25) is 0 Å². The summed E-state index contributed by atoms with van der Waals surface area (Å²) in [4.78, 5) is 17.9. The van der Waals surface area contributed by atoms with Crippen LogP contribution in [-0.2, 0) is 34.3 Å². The molecule has 3 rings (SSSR count). The Kier molecular flexibility index (Phi) is 9.86. The van der Waals surface area contributed by atoms with Crippen LogP contribution in [0.25, 0.3) is 0 Å². The van der Waals surface area contributed by atoms with Crippen LogP contribution in [0.15, 0.2) is 42.6 Å². The molecular formula is C21H29ClN4O4S. The lowest BCUT2D eigenvalue weighted by Crippen LogP contribution is -2.42. The maximum Gasteiger partial charge on any atom is 0.339 e. The average Bonchev–Trinajstić information content (AvgIpc) is 2.77. The van der Waals surface area contributed by atoms with Gasteiger partial charge in [0.25, 0.3) is 0 Å². The molecule has 0 saturated carbocycles. The Hall–Kier alpha value is -2.04. The number of hydrogen-bond donors (Lipinski definition) is 2. The summed E-state index contributed by atoms with van der Waals surface area (Å²) in [5.74, 6) is -0.474. The Morgan fingerprint density at radius 1 is 1.19 bits per heavy atom. The van der Waals surface area contributed by atoms with Gasteiger partial charge >= 0.3 is 5.97 Å². The van der Waals surface area contributed by atoms with Gasteiger partial charge in [-0.15, -0.1) is 12.4 Å². The number of aromatic nitrogens is 1. The van der Waals surface area contributed by atoms with Gasteiger partial charge in [0.15, 0.2) is 0 Å². The van der Waals surface area contributed by atoms with Gasteiger partial charge in [-0.05, 0) is 29.7 Å². The molecule has 1 aromatic carbocycles. The van der Waals surface area contributed by atoms with Crippen LogP contribution in [-0.4, -0.2) is 63.3 Å². The zero-order chi connectivity index (χ0) is 21.4. The van der Waals surface area contributed by atoms with E-state index in [-0.39, 0.29) is 24.7 Å². The minimum absolute atomic E-state index is 0. The van der Waals surface area contributed by atoms with Gasteiger partial charge in [0, 0.05) is 38.9 Å². The molecule has 0 amide bonds. The van der Waals surface area contributed by atoms with Gasteiger partial charge < -0.3 is 10.1 Å². The lowest BCUT2D eigenvalue weighted by Gasteiger charge is -2.27. The second-order valence-corrected chi connectivity index (χ2v) is 9.19. The number of carbonyl (C=O) groups is 1. The third-order valence-corrected chi connectivity index (χ3v) is 6.31. The lowest BCUT2D eigenvalue weighted by atomic mass is 10.1. The van der Waals surface area contributed by atoms with Gasteiger partial charge in [-0.1, -0.05) is 24.3 Å². The third kappa shape index (κ3) is 8.19. The van der Waals surface area contributed by atoms with E-state index in [4.69, 9.17) is 0 Å². The molecule has 1 saturated heterocycles. The van der Waals surface area contributed by atoms with E-state index in [0.717, 1.165) is 38.3 Å². The van der Waals surface area contributed by atoms with E-state index in [0.29, 0.717) is 17.7 Å². The standard InChI is InChI=1S/C21H28N4O4S.ClH/c1-29-21(26)19-5-6-20(23-14-19)15-24-30(27,28)12-7-17-3-2-4-18(13-17)16-25-10-8-22-9-11-25;/h2-6,13-14,22,24H,7-12,15-16H2,1H3;1H. The number of piperazine rings is 1. The quantitative estimate of drug-likeness (QED) is 0.536. The lowest BCUT2D eigenvalue weighted by molar-refractivity contribution is 0.0600. The smallest absolute Gasteiger partial charge is 0.339 e. The van der Waals surface area contributed by atoms with Crippen molar-refractivity contribution in [3.05, 3.63) is 65.0 Å². The van der Waals surface area contributed by atoms with Gasteiger partial charge in [-0.25, -0.2) is 17.9 Å². The van der Waals surface area contributed by atoms with Crippen molar-refractivity contribution in [1.82, 2.24) is 19.9 Å². The van der Waals surface area contributed by atoms with Crippen LogP contribution in [0.3, 0.4) is 0 Å². The van der Waals surface area contributed by atoms with Crippen molar-refractivity contribution in [2.45, 2.75) is 19.5 Å². The predicted molar refractivity (Wildman–Crippen MR) is 122 cm³/mol. The molecule has 0 atom stereocenters. The number of rotatable bonds is 9. The highest BCUT2D eigenvalue weighted by Gasteiger charge is 2.13. The zero-order valence-electron chi connectivity index (χ0n) is 17.5. The van der Waals surface area contributed by atoms with Crippen molar-refractivity contribution in [3.8, 4) is 0 Å². The molecule has 8 nitrogen and oxygen atoms in total. The second kappa shape index (κ2) is 12.1. The fourth-order valence-corrected chi connectivity index (χ4v) is 4.30. The molecule has 2 aromatic rings. The van der Waals surface area contributed by atoms with E-state index >= 15 is 0 Å². The van der Waals surface area contributed by atoms with Crippen LogP contribution in [0, 0.1) is 0 Å². The first kappa shape index (κ1) is 25.2. The molecule has 0 aliphatic carbocycles. The molecule has 170 valence electrons.